The summed E-state index contributed by atoms with van der Waals surface area (Å²) in [6.45, 7) is 2.88. The van der Waals surface area contributed by atoms with Gasteiger partial charge in [-0.1, -0.05) is 36.8 Å². The first-order valence-corrected chi connectivity index (χ1v) is 9.15. The molecule has 4 heteroatoms. The highest BCUT2D eigenvalue weighted by atomic mass is 16.1. The second-order valence-electron chi connectivity index (χ2n) is 6.79. The van der Waals surface area contributed by atoms with E-state index in [-0.39, 0.29) is 11.8 Å². The maximum atomic E-state index is 12.1. The average Bonchev–Trinajstić information content (AvgIpc) is 2.94. The quantitative estimate of drug-likeness (QED) is 0.729. The maximum absolute atomic E-state index is 12.1. The molecule has 1 aliphatic carbocycles. The Kier molecular flexibility index (Phi) is 4.22. The van der Waals surface area contributed by atoms with Gasteiger partial charge in [0.15, 0.2) is 0 Å². The van der Waals surface area contributed by atoms with Crippen LogP contribution in [0.1, 0.15) is 31.7 Å². The highest BCUT2D eigenvalue weighted by Crippen LogP contribution is 2.34. The number of benzene rings is 2. The van der Waals surface area contributed by atoms with E-state index in [0.717, 1.165) is 53.7 Å². The molecule has 0 bridgehead atoms. The molecule has 4 rings (SSSR count). The summed E-state index contributed by atoms with van der Waals surface area (Å²) in [6, 6.07) is 18.2. The largest absolute Gasteiger partial charge is 0.340 e. The summed E-state index contributed by atoms with van der Waals surface area (Å²) in [6.07, 6.45) is 3.13. The molecular weight excluding hydrogens is 322 g/mol. The molecule has 1 N–H and O–H groups in total. The third-order valence-electron chi connectivity index (χ3n) is 5.30. The average molecular weight is 343 g/mol. The number of nitrogens with zero attached hydrogens (tertiary/aromatic N) is 2. The van der Waals surface area contributed by atoms with E-state index in [4.69, 9.17) is 0 Å². The van der Waals surface area contributed by atoms with Crippen LogP contribution in [0, 0.1) is 17.2 Å². The lowest BCUT2D eigenvalue weighted by atomic mass is 9.85. The molecule has 1 heterocycles. The first kappa shape index (κ1) is 16.4. The van der Waals surface area contributed by atoms with E-state index >= 15 is 0 Å². The zero-order chi connectivity index (χ0) is 18.1. The minimum absolute atomic E-state index is 0.115. The van der Waals surface area contributed by atoms with Crippen molar-refractivity contribution in [3.05, 3.63) is 54.1 Å². The summed E-state index contributed by atoms with van der Waals surface area (Å²) in [5.74, 6) is 0.284. The SMILES string of the molecule is CCn1c(-c2ccc(NC(=O)C3CCC3)cc2)c(C#N)c2ccccc21. The predicted octanol–water partition coefficient (Wildman–Crippen LogP) is 4.94. The van der Waals surface area contributed by atoms with Gasteiger partial charge in [0.05, 0.1) is 11.3 Å². The van der Waals surface area contributed by atoms with Crippen LogP contribution in [0.2, 0.25) is 0 Å². The van der Waals surface area contributed by atoms with Crippen molar-refractivity contribution >= 4 is 22.5 Å². The van der Waals surface area contributed by atoms with Gasteiger partial charge < -0.3 is 9.88 Å². The molecule has 1 amide bonds. The Hall–Kier alpha value is -3.06. The van der Waals surface area contributed by atoms with Crippen molar-refractivity contribution in [2.75, 3.05) is 5.32 Å². The Balaban J connectivity index is 1.71. The number of para-hydroxylation sites is 1. The van der Waals surface area contributed by atoms with Crippen molar-refractivity contribution < 1.29 is 4.79 Å². The van der Waals surface area contributed by atoms with Gasteiger partial charge in [-0.05, 0) is 43.5 Å². The number of rotatable bonds is 4. The molecule has 1 fully saturated rings. The first-order chi connectivity index (χ1) is 12.7. The van der Waals surface area contributed by atoms with Gasteiger partial charge in [0.25, 0.3) is 0 Å². The molecule has 2 aromatic carbocycles. The van der Waals surface area contributed by atoms with Crippen LogP contribution in [0.4, 0.5) is 5.69 Å². The molecule has 0 atom stereocenters. The van der Waals surface area contributed by atoms with E-state index < -0.39 is 0 Å². The molecule has 1 aliphatic rings. The normalized spacial score (nSPS) is 14.0. The monoisotopic (exact) mass is 343 g/mol. The lowest BCUT2D eigenvalue weighted by Crippen LogP contribution is -2.27. The highest BCUT2D eigenvalue weighted by Gasteiger charge is 2.25. The number of carbonyl (C=O) groups is 1. The zero-order valence-electron chi connectivity index (χ0n) is 14.8. The highest BCUT2D eigenvalue weighted by molar-refractivity contribution is 5.95. The molecule has 0 unspecified atom stereocenters. The van der Waals surface area contributed by atoms with Crippen molar-refractivity contribution in [3.8, 4) is 17.3 Å². The number of hydrogen-bond acceptors (Lipinski definition) is 2. The second kappa shape index (κ2) is 6.68. The van der Waals surface area contributed by atoms with Gasteiger partial charge in [-0.3, -0.25) is 4.79 Å². The molecule has 0 radical (unpaired) electrons. The Bertz CT molecular complexity index is 1000. The van der Waals surface area contributed by atoms with Gasteiger partial charge in [0.2, 0.25) is 5.91 Å². The molecule has 4 nitrogen and oxygen atoms in total. The van der Waals surface area contributed by atoms with Crippen molar-refractivity contribution in [1.82, 2.24) is 4.57 Å². The van der Waals surface area contributed by atoms with Crippen LogP contribution in [0.15, 0.2) is 48.5 Å². The van der Waals surface area contributed by atoms with Crippen LogP contribution in [0.25, 0.3) is 22.2 Å². The number of nitrogens with one attached hydrogen (secondary N) is 1. The van der Waals surface area contributed by atoms with Gasteiger partial charge in [0, 0.05) is 29.1 Å². The zero-order valence-corrected chi connectivity index (χ0v) is 14.8. The smallest absolute Gasteiger partial charge is 0.227 e. The molecule has 26 heavy (non-hydrogen) atoms. The van der Waals surface area contributed by atoms with Gasteiger partial charge in [0.1, 0.15) is 6.07 Å². The van der Waals surface area contributed by atoms with E-state index in [0.29, 0.717) is 5.56 Å². The number of anilines is 1. The molecular formula is C22H21N3O. The van der Waals surface area contributed by atoms with Gasteiger partial charge in [-0.15, -0.1) is 0 Å². The summed E-state index contributed by atoms with van der Waals surface area (Å²) in [5.41, 5.74) is 4.51. The van der Waals surface area contributed by atoms with Gasteiger partial charge in [-0.25, -0.2) is 0 Å². The minimum Gasteiger partial charge on any atom is -0.340 e. The van der Waals surface area contributed by atoms with Crippen LogP contribution in [0.3, 0.4) is 0 Å². The summed E-state index contributed by atoms with van der Waals surface area (Å²) in [5, 5.41) is 13.7. The Labute approximate surface area is 153 Å². The van der Waals surface area contributed by atoms with Crippen molar-refractivity contribution in [3.63, 3.8) is 0 Å². The van der Waals surface area contributed by atoms with Gasteiger partial charge in [-0.2, -0.15) is 5.26 Å². The predicted molar refractivity (Wildman–Crippen MR) is 104 cm³/mol. The fraction of sp³-hybridized carbons (Fsp3) is 0.273. The van der Waals surface area contributed by atoms with Crippen molar-refractivity contribution in [2.24, 2.45) is 5.92 Å². The first-order valence-electron chi connectivity index (χ1n) is 9.15. The van der Waals surface area contributed by atoms with E-state index in [2.05, 4.69) is 28.9 Å². The van der Waals surface area contributed by atoms with Crippen LogP contribution in [-0.4, -0.2) is 10.5 Å². The fourth-order valence-electron chi connectivity index (χ4n) is 3.67. The molecule has 1 aromatic heterocycles. The van der Waals surface area contributed by atoms with Crippen LogP contribution >= 0.6 is 0 Å². The summed E-state index contributed by atoms with van der Waals surface area (Å²) >= 11 is 0. The second-order valence-corrected chi connectivity index (χ2v) is 6.79. The minimum atomic E-state index is 0.115. The van der Waals surface area contributed by atoms with Crippen LogP contribution in [0.5, 0.6) is 0 Å². The molecule has 0 spiro atoms. The van der Waals surface area contributed by atoms with Crippen LogP contribution in [-0.2, 0) is 11.3 Å². The molecule has 130 valence electrons. The number of amides is 1. The summed E-state index contributed by atoms with van der Waals surface area (Å²) in [4.78, 5) is 12.1. The number of fused-ring (bicyclic) bond motifs is 1. The lowest BCUT2D eigenvalue weighted by molar-refractivity contribution is -0.122. The fourth-order valence-corrected chi connectivity index (χ4v) is 3.67. The third-order valence-corrected chi connectivity index (χ3v) is 5.30. The van der Waals surface area contributed by atoms with Crippen molar-refractivity contribution in [1.29, 1.82) is 5.26 Å². The third kappa shape index (κ3) is 2.66. The van der Waals surface area contributed by atoms with Crippen LogP contribution < -0.4 is 5.32 Å². The Morgan fingerprint density at radius 3 is 2.54 bits per heavy atom. The van der Waals surface area contributed by atoms with E-state index in [1.54, 1.807) is 0 Å². The Morgan fingerprint density at radius 1 is 1.19 bits per heavy atom. The number of aromatic nitrogens is 1. The molecule has 3 aromatic rings. The number of carbonyl (C=O) groups excluding carboxylic acids is 1. The Morgan fingerprint density at radius 2 is 1.92 bits per heavy atom. The van der Waals surface area contributed by atoms with E-state index in [1.807, 2.05) is 42.5 Å². The molecule has 0 saturated heterocycles. The lowest BCUT2D eigenvalue weighted by Gasteiger charge is -2.24. The van der Waals surface area contributed by atoms with E-state index in [9.17, 15) is 10.1 Å². The number of nitriles is 1. The number of aryl methyl sites for hydroxylation is 1. The number of hydrogen-bond donors (Lipinski definition) is 1. The summed E-state index contributed by atoms with van der Waals surface area (Å²) < 4.78 is 2.18. The molecule has 0 aliphatic heterocycles. The molecule has 1 saturated carbocycles. The maximum Gasteiger partial charge on any atom is 0.227 e. The van der Waals surface area contributed by atoms with E-state index in [1.165, 1.54) is 0 Å². The summed E-state index contributed by atoms with van der Waals surface area (Å²) in [7, 11) is 0. The van der Waals surface area contributed by atoms with Crippen molar-refractivity contribution in [2.45, 2.75) is 32.7 Å². The van der Waals surface area contributed by atoms with Gasteiger partial charge >= 0.3 is 0 Å². The topological polar surface area (TPSA) is 57.8 Å². The standard InChI is InChI=1S/C22H21N3O/c1-2-25-20-9-4-3-8-18(20)19(14-23)21(25)15-10-12-17(13-11-15)24-22(26)16-6-5-7-16/h3-4,8-13,16H,2,5-7H2,1H3,(H,24,26).